The number of ether oxygens (including phenoxy) is 4. The summed E-state index contributed by atoms with van der Waals surface area (Å²) < 4.78 is 23.9. The predicted octanol–water partition coefficient (Wildman–Crippen LogP) is 4.38. The van der Waals surface area contributed by atoms with Crippen molar-refractivity contribution < 1.29 is 33.5 Å². The van der Waals surface area contributed by atoms with E-state index in [1.54, 1.807) is 0 Å². The highest BCUT2D eigenvalue weighted by atomic mass is 17.3. The van der Waals surface area contributed by atoms with Crippen molar-refractivity contribution in [1.82, 2.24) is 0 Å². The second-order valence-corrected chi connectivity index (χ2v) is 10.1. The number of carbonyl (C=O) groups excluding carboxylic acids is 1. The van der Waals surface area contributed by atoms with Crippen LogP contribution in [-0.2, 0) is 35.2 Å². The molecular formula is C25H34O7. The third-order valence-corrected chi connectivity index (χ3v) is 8.12. The smallest absolute Gasteiger partial charge is 0.305 e. The molecule has 1 saturated carbocycles. The topological polar surface area (TPSA) is 72.5 Å². The third-order valence-electron chi connectivity index (χ3n) is 8.12. The Morgan fingerprint density at radius 1 is 1.09 bits per heavy atom. The zero-order chi connectivity index (χ0) is 22.5. The number of benzene rings is 1. The van der Waals surface area contributed by atoms with Crippen LogP contribution in [-0.4, -0.2) is 37.0 Å². The van der Waals surface area contributed by atoms with Gasteiger partial charge in [-0.3, -0.25) is 4.79 Å². The highest BCUT2D eigenvalue weighted by Crippen LogP contribution is 2.60. The lowest BCUT2D eigenvalue weighted by atomic mass is 9.58. The number of hydrogen-bond donors (Lipinski definition) is 0. The molecule has 4 heterocycles. The Bertz CT molecular complexity index is 841. The first-order valence-electron chi connectivity index (χ1n) is 11.9. The number of hydrogen-bond acceptors (Lipinski definition) is 7. The zero-order valence-corrected chi connectivity index (χ0v) is 19.4. The van der Waals surface area contributed by atoms with Gasteiger partial charge in [0.15, 0.2) is 11.9 Å². The summed E-state index contributed by atoms with van der Waals surface area (Å²) >= 11 is 0. The number of carbonyl (C=O) groups is 1. The molecule has 1 aliphatic carbocycles. The monoisotopic (exact) mass is 446 g/mol. The molecule has 1 aromatic rings. The molecule has 2 bridgehead atoms. The predicted molar refractivity (Wildman–Crippen MR) is 114 cm³/mol. The molecule has 1 aromatic carbocycles. The molecule has 1 spiro atoms. The SMILES string of the molecule is COC(=O)CCc1ccc(O[C@H]2O[C@@H]3O[C@@]4(C)CC[C@H]5[C@H](C)CC[C@@H]([C@H]2C)[C@@]35OO4)cc1. The van der Waals surface area contributed by atoms with Gasteiger partial charge in [0.25, 0.3) is 0 Å². The van der Waals surface area contributed by atoms with Gasteiger partial charge in [-0.2, -0.15) is 0 Å². The number of fused-ring (bicyclic) bond motifs is 2. The summed E-state index contributed by atoms with van der Waals surface area (Å²) in [6.07, 6.45) is 4.06. The van der Waals surface area contributed by atoms with Crippen LogP contribution in [0.3, 0.4) is 0 Å². The molecule has 0 radical (unpaired) electrons. The van der Waals surface area contributed by atoms with Crippen molar-refractivity contribution >= 4 is 5.97 Å². The fraction of sp³-hybridized carbons (Fsp3) is 0.720. The van der Waals surface area contributed by atoms with Gasteiger partial charge in [0.2, 0.25) is 12.1 Å². The van der Waals surface area contributed by atoms with E-state index in [2.05, 4.69) is 13.8 Å². The Kier molecular flexibility index (Phi) is 5.73. The molecule has 0 N–H and O–H groups in total. The number of aryl methyl sites for hydroxylation is 1. The van der Waals surface area contributed by atoms with Crippen LogP contribution in [0.2, 0.25) is 0 Å². The Labute approximate surface area is 189 Å². The molecule has 5 fully saturated rings. The van der Waals surface area contributed by atoms with Gasteiger partial charge in [-0.05, 0) is 62.1 Å². The van der Waals surface area contributed by atoms with Crippen molar-refractivity contribution in [2.24, 2.45) is 23.7 Å². The van der Waals surface area contributed by atoms with E-state index in [1.165, 1.54) is 7.11 Å². The molecule has 4 saturated heterocycles. The molecule has 0 aromatic heterocycles. The second-order valence-electron chi connectivity index (χ2n) is 10.1. The number of rotatable bonds is 5. The molecule has 5 aliphatic rings. The van der Waals surface area contributed by atoms with Crippen LogP contribution in [0.25, 0.3) is 0 Å². The van der Waals surface area contributed by atoms with Crippen LogP contribution < -0.4 is 4.74 Å². The third kappa shape index (κ3) is 3.63. The van der Waals surface area contributed by atoms with E-state index in [0.717, 1.165) is 37.0 Å². The standard InChI is InChI=1S/C25H34O7/c1-15-5-11-20-16(2)22(28-18-9-6-17(7-10-18)8-12-21(26)27-4)29-23-25(20)19(15)13-14-24(3,30-23)31-32-25/h6-7,9-10,15-16,19-20,22-23H,5,8,11-14H2,1-4H3/t15-,16-,19+,20+,22+,23-,24-,25-/m1/s1. The van der Waals surface area contributed by atoms with Gasteiger partial charge >= 0.3 is 5.97 Å². The van der Waals surface area contributed by atoms with Crippen LogP contribution >= 0.6 is 0 Å². The average molecular weight is 447 g/mol. The Hall–Kier alpha value is -1.67. The van der Waals surface area contributed by atoms with Crippen molar-refractivity contribution in [2.75, 3.05) is 7.11 Å². The molecule has 6 rings (SSSR count). The second kappa shape index (κ2) is 8.28. The maximum Gasteiger partial charge on any atom is 0.305 e. The fourth-order valence-corrected chi connectivity index (χ4v) is 6.22. The highest BCUT2D eigenvalue weighted by Gasteiger charge is 2.69. The summed E-state index contributed by atoms with van der Waals surface area (Å²) in [6.45, 7) is 6.42. The Morgan fingerprint density at radius 2 is 1.88 bits per heavy atom. The van der Waals surface area contributed by atoms with Crippen LogP contribution in [0.1, 0.15) is 58.4 Å². The molecule has 32 heavy (non-hydrogen) atoms. The van der Waals surface area contributed by atoms with Crippen LogP contribution in [0.15, 0.2) is 24.3 Å². The van der Waals surface area contributed by atoms with Gasteiger partial charge in [0.1, 0.15) is 5.75 Å². The van der Waals surface area contributed by atoms with E-state index in [-0.39, 0.29) is 17.8 Å². The summed E-state index contributed by atoms with van der Waals surface area (Å²) in [7, 11) is 1.41. The lowest BCUT2D eigenvalue weighted by molar-refractivity contribution is -0.575. The highest BCUT2D eigenvalue weighted by molar-refractivity contribution is 5.69. The Balaban J connectivity index is 1.34. The summed E-state index contributed by atoms with van der Waals surface area (Å²) in [5.41, 5.74) is 0.483. The molecule has 7 heteroatoms. The van der Waals surface area contributed by atoms with Crippen molar-refractivity contribution in [3.8, 4) is 5.75 Å². The molecule has 8 atom stereocenters. The van der Waals surface area contributed by atoms with E-state index >= 15 is 0 Å². The molecule has 4 aliphatic heterocycles. The summed E-state index contributed by atoms with van der Waals surface area (Å²) in [5, 5.41) is 0. The van der Waals surface area contributed by atoms with E-state index in [1.807, 2.05) is 31.2 Å². The van der Waals surface area contributed by atoms with E-state index in [4.69, 9.17) is 28.7 Å². The maximum atomic E-state index is 11.4. The van der Waals surface area contributed by atoms with E-state index in [0.29, 0.717) is 24.7 Å². The molecule has 176 valence electrons. The first-order valence-corrected chi connectivity index (χ1v) is 11.9. The molecule has 7 nitrogen and oxygen atoms in total. The van der Waals surface area contributed by atoms with Gasteiger partial charge in [0, 0.05) is 24.7 Å². The number of esters is 1. The summed E-state index contributed by atoms with van der Waals surface area (Å²) in [6, 6.07) is 7.82. The van der Waals surface area contributed by atoms with Crippen molar-refractivity contribution in [3.63, 3.8) is 0 Å². The van der Waals surface area contributed by atoms with Gasteiger partial charge in [-0.25, -0.2) is 9.78 Å². The van der Waals surface area contributed by atoms with Crippen molar-refractivity contribution in [1.29, 1.82) is 0 Å². The van der Waals surface area contributed by atoms with Gasteiger partial charge in [0.05, 0.1) is 7.11 Å². The minimum absolute atomic E-state index is 0.120. The fourth-order valence-electron chi connectivity index (χ4n) is 6.22. The molecule has 0 unspecified atom stereocenters. The van der Waals surface area contributed by atoms with E-state index in [9.17, 15) is 4.79 Å². The normalized spacial score (nSPS) is 42.6. The quantitative estimate of drug-likeness (QED) is 0.491. The average Bonchev–Trinajstić information content (AvgIpc) is 3.02. The van der Waals surface area contributed by atoms with Crippen LogP contribution in [0.4, 0.5) is 0 Å². The van der Waals surface area contributed by atoms with Crippen LogP contribution in [0, 0.1) is 23.7 Å². The molecular weight excluding hydrogens is 412 g/mol. The first-order chi connectivity index (χ1) is 15.3. The van der Waals surface area contributed by atoms with Gasteiger partial charge in [-0.1, -0.05) is 26.0 Å². The first kappa shape index (κ1) is 22.1. The van der Waals surface area contributed by atoms with Crippen LogP contribution in [0.5, 0.6) is 5.75 Å². The molecule has 0 amide bonds. The largest absolute Gasteiger partial charge is 0.469 e. The maximum absolute atomic E-state index is 11.4. The summed E-state index contributed by atoms with van der Waals surface area (Å²) in [4.78, 5) is 23.4. The minimum atomic E-state index is -0.788. The van der Waals surface area contributed by atoms with E-state index < -0.39 is 24.0 Å². The summed E-state index contributed by atoms with van der Waals surface area (Å²) in [5.74, 6) is 0.970. The van der Waals surface area contributed by atoms with Gasteiger partial charge in [-0.15, -0.1) is 0 Å². The van der Waals surface area contributed by atoms with Crippen molar-refractivity contribution in [2.45, 2.75) is 83.3 Å². The van der Waals surface area contributed by atoms with Gasteiger partial charge < -0.3 is 18.9 Å². The zero-order valence-electron chi connectivity index (χ0n) is 19.4. The van der Waals surface area contributed by atoms with Crippen molar-refractivity contribution in [3.05, 3.63) is 29.8 Å². The minimum Gasteiger partial charge on any atom is -0.469 e. The Morgan fingerprint density at radius 3 is 2.62 bits per heavy atom. The number of methoxy groups -OCH3 is 1. The lowest BCUT2D eigenvalue weighted by Crippen LogP contribution is -2.70. The lowest BCUT2D eigenvalue weighted by Gasteiger charge is -2.60.